The maximum Gasteiger partial charge on any atom is 0.0592 e. The fourth-order valence-corrected chi connectivity index (χ4v) is 1.78. The fourth-order valence-electron chi connectivity index (χ4n) is 1.78. The molecule has 0 amide bonds. The van der Waals surface area contributed by atoms with Crippen LogP contribution in [0.15, 0.2) is 0 Å². The molecule has 1 heterocycles. The van der Waals surface area contributed by atoms with E-state index in [0.717, 1.165) is 32.5 Å². The Bertz CT molecular complexity index is 116. The zero-order valence-electron chi connectivity index (χ0n) is 7.58. The lowest BCUT2D eigenvalue weighted by atomic mass is 9.92. The van der Waals surface area contributed by atoms with Gasteiger partial charge in [0.1, 0.15) is 0 Å². The quantitative estimate of drug-likeness (QED) is 0.649. The standard InChI is InChI=1S/C9H19NO/c1-3-8-7-10(4-2)6-5-9(8)11/h8-9,11H,3-7H2,1-2H3/t8-,9-/m1/s1. The lowest BCUT2D eigenvalue weighted by Gasteiger charge is -2.34. The van der Waals surface area contributed by atoms with Gasteiger partial charge in [-0.3, -0.25) is 0 Å². The maximum atomic E-state index is 9.56. The second-order valence-electron chi connectivity index (χ2n) is 3.42. The fraction of sp³-hybridized carbons (Fsp3) is 1.00. The van der Waals surface area contributed by atoms with Crippen LogP contribution in [0.25, 0.3) is 0 Å². The van der Waals surface area contributed by atoms with E-state index in [0.29, 0.717) is 5.92 Å². The molecule has 1 aliphatic heterocycles. The number of hydrogen-bond donors (Lipinski definition) is 1. The Morgan fingerprint density at radius 3 is 2.73 bits per heavy atom. The molecule has 66 valence electrons. The van der Waals surface area contributed by atoms with Crippen molar-refractivity contribution < 1.29 is 5.11 Å². The highest BCUT2D eigenvalue weighted by Crippen LogP contribution is 2.19. The van der Waals surface area contributed by atoms with Crippen molar-refractivity contribution in [3.05, 3.63) is 0 Å². The summed E-state index contributed by atoms with van der Waals surface area (Å²) in [4.78, 5) is 2.42. The third-order valence-electron chi connectivity index (χ3n) is 2.75. The molecule has 0 spiro atoms. The second kappa shape index (κ2) is 4.07. The molecule has 0 bridgehead atoms. The molecule has 0 aromatic heterocycles. The third-order valence-corrected chi connectivity index (χ3v) is 2.75. The molecular weight excluding hydrogens is 138 g/mol. The van der Waals surface area contributed by atoms with E-state index in [9.17, 15) is 5.11 Å². The van der Waals surface area contributed by atoms with Gasteiger partial charge in [0.25, 0.3) is 0 Å². The van der Waals surface area contributed by atoms with Crippen LogP contribution in [0.4, 0.5) is 0 Å². The Kier molecular flexibility index (Phi) is 3.34. The molecule has 0 radical (unpaired) electrons. The summed E-state index contributed by atoms with van der Waals surface area (Å²) >= 11 is 0. The van der Waals surface area contributed by atoms with Crippen molar-refractivity contribution in [2.24, 2.45) is 5.92 Å². The van der Waals surface area contributed by atoms with Crippen LogP contribution < -0.4 is 0 Å². The lowest BCUT2D eigenvalue weighted by Crippen LogP contribution is -2.42. The van der Waals surface area contributed by atoms with E-state index in [2.05, 4.69) is 18.7 Å². The lowest BCUT2D eigenvalue weighted by molar-refractivity contribution is 0.0272. The number of nitrogens with zero attached hydrogens (tertiary/aromatic N) is 1. The van der Waals surface area contributed by atoms with Crippen LogP contribution in [0.1, 0.15) is 26.7 Å². The first-order chi connectivity index (χ1) is 5.27. The van der Waals surface area contributed by atoms with Crippen LogP contribution in [0, 0.1) is 5.92 Å². The molecule has 0 unspecified atom stereocenters. The van der Waals surface area contributed by atoms with Gasteiger partial charge in [-0.05, 0) is 25.3 Å². The minimum atomic E-state index is -0.0391. The number of rotatable bonds is 2. The van der Waals surface area contributed by atoms with E-state index in [-0.39, 0.29) is 6.10 Å². The number of piperidine rings is 1. The molecule has 0 aliphatic carbocycles. The molecule has 1 saturated heterocycles. The highest BCUT2D eigenvalue weighted by Gasteiger charge is 2.24. The van der Waals surface area contributed by atoms with Crippen molar-refractivity contribution in [3.8, 4) is 0 Å². The van der Waals surface area contributed by atoms with Gasteiger partial charge in [0.2, 0.25) is 0 Å². The zero-order valence-corrected chi connectivity index (χ0v) is 7.58. The highest BCUT2D eigenvalue weighted by molar-refractivity contribution is 4.78. The topological polar surface area (TPSA) is 23.5 Å². The average molecular weight is 157 g/mol. The van der Waals surface area contributed by atoms with E-state index in [1.807, 2.05) is 0 Å². The van der Waals surface area contributed by atoms with Crippen molar-refractivity contribution in [2.45, 2.75) is 32.8 Å². The first-order valence-electron chi connectivity index (χ1n) is 4.68. The van der Waals surface area contributed by atoms with Crippen LogP contribution in [-0.2, 0) is 0 Å². The summed E-state index contributed by atoms with van der Waals surface area (Å²) in [6, 6.07) is 0. The first-order valence-corrected chi connectivity index (χ1v) is 4.68. The SMILES string of the molecule is CC[C@@H]1CN(CC)CC[C@H]1O. The second-order valence-corrected chi connectivity index (χ2v) is 3.42. The molecule has 0 aromatic rings. The van der Waals surface area contributed by atoms with Gasteiger partial charge >= 0.3 is 0 Å². The molecular formula is C9H19NO. The van der Waals surface area contributed by atoms with Crippen LogP contribution in [0.3, 0.4) is 0 Å². The van der Waals surface area contributed by atoms with Crippen molar-refractivity contribution in [3.63, 3.8) is 0 Å². The molecule has 2 atom stereocenters. The summed E-state index contributed by atoms with van der Waals surface area (Å²) in [5.41, 5.74) is 0. The van der Waals surface area contributed by atoms with Gasteiger partial charge in [-0.2, -0.15) is 0 Å². The Balaban J connectivity index is 2.37. The van der Waals surface area contributed by atoms with E-state index in [4.69, 9.17) is 0 Å². The summed E-state index contributed by atoms with van der Waals surface area (Å²) in [5.74, 6) is 0.517. The van der Waals surface area contributed by atoms with Gasteiger partial charge in [0, 0.05) is 13.1 Å². The van der Waals surface area contributed by atoms with E-state index in [1.54, 1.807) is 0 Å². The monoisotopic (exact) mass is 157 g/mol. The number of aliphatic hydroxyl groups is 1. The van der Waals surface area contributed by atoms with Crippen LogP contribution in [0.2, 0.25) is 0 Å². The summed E-state index contributed by atoms with van der Waals surface area (Å²) < 4.78 is 0. The van der Waals surface area contributed by atoms with Crippen LogP contribution >= 0.6 is 0 Å². The zero-order chi connectivity index (χ0) is 8.27. The highest BCUT2D eigenvalue weighted by atomic mass is 16.3. The number of likely N-dealkylation sites (tertiary alicyclic amines) is 1. The van der Waals surface area contributed by atoms with Gasteiger partial charge in [0.05, 0.1) is 6.10 Å². The van der Waals surface area contributed by atoms with Gasteiger partial charge in [-0.25, -0.2) is 0 Å². The normalized spacial score (nSPS) is 34.1. The molecule has 1 aliphatic rings. The van der Waals surface area contributed by atoms with E-state index in [1.165, 1.54) is 0 Å². The molecule has 1 N–H and O–H groups in total. The Hall–Kier alpha value is -0.0800. The summed E-state index contributed by atoms with van der Waals surface area (Å²) in [6.07, 6.45) is 2.03. The molecule has 11 heavy (non-hydrogen) atoms. The number of aliphatic hydroxyl groups excluding tert-OH is 1. The summed E-state index contributed by atoms with van der Waals surface area (Å²) in [7, 11) is 0. The molecule has 0 saturated carbocycles. The molecule has 2 nitrogen and oxygen atoms in total. The predicted molar refractivity (Wildman–Crippen MR) is 46.5 cm³/mol. The van der Waals surface area contributed by atoms with Crippen molar-refractivity contribution in [1.29, 1.82) is 0 Å². The summed E-state index contributed by atoms with van der Waals surface area (Å²) in [5, 5.41) is 9.56. The number of hydrogen-bond acceptors (Lipinski definition) is 2. The van der Waals surface area contributed by atoms with Gasteiger partial charge < -0.3 is 10.0 Å². The largest absolute Gasteiger partial charge is 0.393 e. The molecule has 2 heteroatoms. The Labute approximate surface area is 69.2 Å². The van der Waals surface area contributed by atoms with E-state index >= 15 is 0 Å². The summed E-state index contributed by atoms with van der Waals surface area (Å²) in [6.45, 7) is 7.64. The van der Waals surface area contributed by atoms with E-state index < -0.39 is 0 Å². The van der Waals surface area contributed by atoms with Crippen molar-refractivity contribution >= 4 is 0 Å². The average Bonchev–Trinajstić information content (AvgIpc) is 2.05. The molecule has 0 aromatic carbocycles. The maximum absolute atomic E-state index is 9.56. The minimum absolute atomic E-state index is 0.0391. The van der Waals surface area contributed by atoms with Crippen molar-refractivity contribution in [1.82, 2.24) is 4.90 Å². The van der Waals surface area contributed by atoms with Gasteiger partial charge in [0.15, 0.2) is 0 Å². The smallest absolute Gasteiger partial charge is 0.0592 e. The van der Waals surface area contributed by atoms with Gasteiger partial charge in [-0.15, -0.1) is 0 Å². The predicted octanol–water partition coefficient (Wildman–Crippen LogP) is 1.10. The van der Waals surface area contributed by atoms with Crippen LogP contribution in [-0.4, -0.2) is 35.7 Å². The van der Waals surface area contributed by atoms with Gasteiger partial charge in [-0.1, -0.05) is 13.8 Å². The Morgan fingerprint density at radius 1 is 1.45 bits per heavy atom. The molecule has 1 rings (SSSR count). The first kappa shape index (κ1) is 9.01. The Morgan fingerprint density at radius 2 is 2.18 bits per heavy atom. The van der Waals surface area contributed by atoms with Crippen LogP contribution in [0.5, 0.6) is 0 Å². The minimum Gasteiger partial charge on any atom is -0.393 e. The third kappa shape index (κ3) is 2.17. The van der Waals surface area contributed by atoms with Crippen molar-refractivity contribution in [2.75, 3.05) is 19.6 Å². The molecule has 1 fully saturated rings.